The third-order valence-electron chi connectivity index (χ3n) is 1.62. The Morgan fingerprint density at radius 2 is 2.29 bits per heavy atom. The molecule has 0 aliphatic rings. The molecule has 14 heavy (non-hydrogen) atoms. The third-order valence-corrected chi connectivity index (χ3v) is 2.15. The summed E-state index contributed by atoms with van der Waals surface area (Å²) in [5.41, 5.74) is 5.93. The quantitative estimate of drug-likeness (QED) is 0.673. The lowest BCUT2D eigenvalue weighted by atomic mass is 10.5. The van der Waals surface area contributed by atoms with E-state index >= 15 is 0 Å². The standard InChI is InChI=1S/C6H4BrN5O2/c7-5-11-2-3(8)9-1-10-4(2)12(5)6(13)14/h1H,(H,13,14)(H2,8,9,10). The molecule has 0 atom stereocenters. The van der Waals surface area contributed by atoms with Crippen molar-refractivity contribution in [2.45, 2.75) is 0 Å². The summed E-state index contributed by atoms with van der Waals surface area (Å²) in [5, 5.41) is 8.84. The Morgan fingerprint density at radius 3 is 2.93 bits per heavy atom. The number of rotatable bonds is 0. The molecule has 0 spiro atoms. The van der Waals surface area contributed by atoms with Gasteiger partial charge in [-0.2, -0.15) is 0 Å². The minimum absolute atomic E-state index is 0.132. The van der Waals surface area contributed by atoms with Crippen LogP contribution in [0.3, 0.4) is 0 Å². The fourth-order valence-corrected chi connectivity index (χ4v) is 1.55. The second kappa shape index (κ2) is 2.91. The van der Waals surface area contributed by atoms with Gasteiger partial charge in [0.05, 0.1) is 0 Å². The van der Waals surface area contributed by atoms with Crippen LogP contribution in [0.2, 0.25) is 0 Å². The van der Waals surface area contributed by atoms with Crippen molar-refractivity contribution in [2.75, 3.05) is 5.73 Å². The molecule has 0 unspecified atom stereocenters. The van der Waals surface area contributed by atoms with E-state index in [0.717, 1.165) is 4.57 Å². The number of hydrogen-bond acceptors (Lipinski definition) is 5. The van der Waals surface area contributed by atoms with Crippen molar-refractivity contribution in [1.82, 2.24) is 19.5 Å². The number of hydrogen-bond donors (Lipinski definition) is 2. The van der Waals surface area contributed by atoms with Crippen LogP contribution < -0.4 is 5.73 Å². The molecule has 0 saturated heterocycles. The number of aromatic nitrogens is 4. The number of anilines is 1. The van der Waals surface area contributed by atoms with E-state index in [2.05, 4.69) is 30.9 Å². The SMILES string of the molecule is Nc1ncnc2c1nc(Br)n2C(=O)O. The lowest BCUT2D eigenvalue weighted by Gasteiger charge is -1.96. The van der Waals surface area contributed by atoms with Gasteiger partial charge in [0.1, 0.15) is 6.33 Å². The molecule has 0 aromatic carbocycles. The van der Waals surface area contributed by atoms with Gasteiger partial charge in [-0.1, -0.05) is 0 Å². The number of nitrogen functional groups attached to an aromatic ring is 1. The summed E-state index contributed by atoms with van der Waals surface area (Å²) < 4.78 is 1.01. The number of nitrogens with zero attached hydrogens (tertiary/aromatic N) is 4. The molecule has 72 valence electrons. The molecule has 0 aliphatic carbocycles. The number of nitrogens with two attached hydrogens (primary N) is 1. The second-order valence-corrected chi connectivity index (χ2v) is 3.14. The smallest absolute Gasteiger partial charge is 0.419 e. The summed E-state index contributed by atoms with van der Waals surface area (Å²) in [6.07, 6.45) is 0.00285. The fraction of sp³-hybridized carbons (Fsp3) is 0. The average molecular weight is 258 g/mol. The Hall–Kier alpha value is -1.70. The van der Waals surface area contributed by atoms with Crippen LogP contribution in [0.4, 0.5) is 10.6 Å². The van der Waals surface area contributed by atoms with Gasteiger partial charge in [-0.15, -0.1) is 0 Å². The highest BCUT2D eigenvalue weighted by atomic mass is 79.9. The Kier molecular flexibility index (Phi) is 1.84. The van der Waals surface area contributed by atoms with Gasteiger partial charge in [-0.05, 0) is 15.9 Å². The Bertz CT molecular complexity index is 522. The summed E-state index contributed by atoms with van der Waals surface area (Å²) in [7, 11) is 0. The van der Waals surface area contributed by atoms with E-state index < -0.39 is 6.09 Å². The molecule has 2 rings (SSSR count). The molecule has 0 radical (unpaired) electrons. The molecule has 8 heteroatoms. The number of fused-ring (bicyclic) bond motifs is 1. The Morgan fingerprint density at radius 1 is 1.57 bits per heavy atom. The van der Waals surface area contributed by atoms with Crippen LogP contribution in [0.25, 0.3) is 11.2 Å². The molecule has 2 heterocycles. The van der Waals surface area contributed by atoms with Crippen LogP contribution in [-0.2, 0) is 0 Å². The normalized spacial score (nSPS) is 10.6. The zero-order valence-electron chi connectivity index (χ0n) is 6.68. The molecule has 7 nitrogen and oxygen atoms in total. The molecule has 0 saturated carbocycles. The van der Waals surface area contributed by atoms with Crippen molar-refractivity contribution in [3.63, 3.8) is 0 Å². The molecule has 2 aromatic heterocycles. The first kappa shape index (κ1) is 8.88. The highest BCUT2D eigenvalue weighted by Crippen LogP contribution is 2.20. The van der Waals surface area contributed by atoms with E-state index in [1.807, 2.05) is 0 Å². The second-order valence-electron chi connectivity index (χ2n) is 2.43. The maximum Gasteiger partial charge on any atom is 0.419 e. The number of carbonyl (C=O) groups is 1. The predicted octanol–water partition coefficient (Wildman–Crippen LogP) is 0.697. The summed E-state index contributed by atoms with van der Waals surface area (Å²) in [4.78, 5) is 22.2. The molecule has 3 N–H and O–H groups in total. The minimum atomic E-state index is -1.18. The summed E-state index contributed by atoms with van der Waals surface area (Å²) in [6.45, 7) is 0. The largest absolute Gasteiger partial charge is 0.464 e. The summed E-state index contributed by atoms with van der Waals surface area (Å²) in [6, 6.07) is 0. The highest BCUT2D eigenvalue weighted by Gasteiger charge is 2.16. The maximum atomic E-state index is 10.8. The molecular formula is C6H4BrN5O2. The zero-order valence-corrected chi connectivity index (χ0v) is 8.26. The van der Waals surface area contributed by atoms with Crippen molar-refractivity contribution in [1.29, 1.82) is 0 Å². The third kappa shape index (κ3) is 1.11. The van der Waals surface area contributed by atoms with Gasteiger partial charge in [0.25, 0.3) is 0 Å². The van der Waals surface area contributed by atoms with E-state index in [9.17, 15) is 4.79 Å². The van der Waals surface area contributed by atoms with Crippen LogP contribution >= 0.6 is 15.9 Å². The first-order valence-electron chi connectivity index (χ1n) is 3.49. The van der Waals surface area contributed by atoms with E-state index in [4.69, 9.17) is 10.8 Å². The Labute approximate surface area is 85.7 Å². The van der Waals surface area contributed by atoms with E-state index in [0.29, 0.717) is 0 Å². The van der Waals surface area contributed by atoms with Gasteiger partial charge >= 0.3 is 6.09 Å². The van der Waals surface area contributed by atoms with Gasteiger partial charge in [-0.3, -0.25) is 0 Å². The van der Waals surface area contributed by atoms with E-state index in [-0.39, 0.29) is 21.7 Å². The lowest BCUT2D eigenvalue weighted by molar-refractivity contribution is 0.196. The molecule has 0 bridgehead atoms. The number of imidazole rings is 1. The first-order valence-corrected chi connectivity index (χ1v) is 4.28. The van der Waals surface area contributed by atoms with Crippen LogP contribution in [0.1, 0.15) is 0 Å². The van der Waals surface area contributed by atoms with Gasteiger partial charge in [0.2, 0.25) is 0 Å². The fourth-order valence-electron chi connectivity index (χ4n) is 1.05. The first-order chi connectivity index (χ1) is 6.61. The highest BCUT2D eigenvalue weighted by molar-refractivity contribution is 9.10. The lowest BCUT2D eigenvalue weighted by Crippen LogP contribution is -2.08. The van der Waals surface area contributed by atoms with Gasteiger partial charge in [0.15, 0.2) is 21.7 Å². The zero-order chi connectivity index (χ0) is 10.3. The van der Waals surface area contributed by atoms with E-state index in [1.54, 1.807) is 0 Å². The van der Waals surface area contributed by atoms with Crippen molar-refractivity contribution in [3.8, 4) is 0 Å². The van der Waals surface area contributed by atoms with E-state index in [1.165, 1.54) is 6.33 Å². The van der Waals surface area contributed by atoms with Crippen LogP contribution in [0.5, 0.6) is 0 Å². The molecule has 2 aromatic rings. The van der Waals surface area contributed by atoms with Crippen LogP contribution in [-0.4, -0.2) is 30.7 Å². The van der Waals surface area contributed by atoms with Gasteiger partial charge in [0, 0.05) is 0 Å². The van der Waals surface area contributed by atoms with Crippen molar-refractivity contribution in [2.24, 2.45) is 0 Å². The van der Waals surface area contributed by atoms with Crippen LogP contribution in [0, 0.1) is 0 Å². The van der Waals surface area contributed by atoms with Crippen molar-refractivity contribution in [3.05, 3.63) is 11.1 Å². The molecular weight excluding hydrogens is 254 g/mol. The van der Waals surface area contributed by atoms with Crippen molar-refractivity contribution < 1.29 is 9.90 Å². The number of carboxylic acid groups (broad SMARTS) is 1. The topological polar surface area (TPSA) is 107 Å². The predicted molar refractivity (Wildman–Crippen MR) is 50.9 cm³/mol. The average Bonchev–Trinajstić information content (AvgIpc) is 2.42. The van der Waals surface area contributed by atoms with Crippen molar-refractivity contribution >= 4 is 39.0 Å². The summed E-state index contributed by atoms with van der Waals surface area (Å²) in [5.74, 6) is 0.149. The molecule has 0 aliphatic heterocycles. The minimum Gasteiger partial charge on any atom is -0.464 e. The Balaban J connectivity index is 2.90. The molecule has 0 fully saturated rings. The molecule has 0 amide bonds. The number of halogens is 1. The van der Waals surface area contributed by atoms with Gasteiger partial charge < -0.3 is 10.8 Å². The maximum absolute atomic E-state index is 10.8. The summed E-state index contributed by atoms with van der Waals surface area (Å²) >= 11 is 2.99. The van der Waals surface area contributed by atoms with Crippen LogP contribution in [0.15, 0.2) is 11.1 Å². The van der Waals surface area contributed by atoms with Gasteiger partial charge in [-0.25, -0.2) is 24.3 Å². The monoisotopic (exact) mass is 257 g/mol.